The first-order valence-electron chi connectivity index (χ1n) is 8.09. The summed E-state index contributed by atoms with van der Waals surface area (Å²) in [5.74, 6) is 1.80. The normalized spacial score (nSPS) is 21.0. The molecule has 0 radical (unpaired) electrons. The molecule has 3 rings (SSSR count). The second-order valence-corrected chi connectivity index (χ2v) is 9.26. The number of para-hydroxylation sites is 1. The summed E-state index contributed by atoms with van der Waals surface area (Å²) in [6.07, 6.45) is 1.21. The van der Waals surface area contributed by atoms with E-state index in [0.29, 0.717) is 21.5 Å². The highest BCUT2D eigenvalue weighted by Gasteiger charge is 2.25. The van der Waals surface area contributed by atoms with Gasteiger partial charge in [-0.25, -0.2) is 4.68 Å². The summed E-state index contributed by atoms with van der Waals surface area (Å²) in [4.78, 5) is 14.5. The Balaban J connectivity index is 1.63. The van der Waals surface area contributed by atoms with Gasteiger partial charge < -0.3 is 4.90 Å². The number of benzene rings is 1. The van der Waals surface area contributed by atoms with Crippen LogP contribution in [0.4, 0.5) is 0 Å². The van der Waals surface area contributed by atoms with Crippen LogP contribution in [-0.2, 0) is 4.79 Å². The fourth-order valence-corrected chi connectivity index (χ4v) is 5.40. The zero-order chi connectivity index (χ0) is 17.1. The van der Waals surface area contributed by atoms with E-state index in [1.165, 1.54) is 29.5 Å². The molecule has 7 heteroatoms. The van der Waals surface area contributed by atoms with Crippen LogP contribution >= 0.6 is 35.3 Å². The molecule has 0 spiro atoms. The van der Waals surface area contributed by atoms with Crippen LogP contribution in [0.25, 0.3) is 5.69 Å². The summed E-state index contributed by atoms with van der Waals surface area (Å²) in [7, 11) is 0. The molecule has 1 fully saturated rings. The van der Waals surface area contributed by atoms with Crippen LogP contribution in [0.15, 0.2) is 34.7 Å². The van der Waals surface area contributed by atoms with E-state index in [4.69, 9.17) is 12.2 Å². The molecule has 1 aromatic carbocycles. The molecule has 2 heterocycles. The molecule has 2 aromatic rings. The van der Waals surface area contributed by atoms with E-state index >= 15 is 0 Å². The highest BCUT2D eigenvalue weighted by Crippen LogP contribution is 2.26. The van der Waals surface area contributed by atoms with Crippen molar-refractivity contribution < 1.29 is 4.79 Å². The number of likely N-dealkylation sites (tertiary alicyclic amines) is 1. The fraction of sp³-hybridized carbons (Fsp3) is 0.471. The number of hydrogen-bond acceptors (Lipinski definition) is 5. The van der Waals surface area contributed by atoms with Gasteiger partial charge in [-0.2, -0.15) is 0 Å². The Hall–Kier alpha value is -1.18. The zero-order valence-electron chi connectivity index (χ0n) is 13.8. The lowest BCUT2D eigenvalue weighted by Crippen LogP contribution is -2.43. The largest absolute Gasteiger partial charge is 0.341 e. The van der Waals surface area contributed by atoms with E-state index < -0.39 is 0 Å². The summed E-state index contributed by atoms with van der Waals surface area (Å²) < 4.78 is 3.31. The second-order valence-electron chi connectivity index (χ2n) is 6.41. The molecule has 0 aliphatic carbocycles. The minimum Gasteiger partial charge on any atom is -0.341 e. The maximum Gasteiger partial charge on any atom is 0.233 e. The fourth-order valence-electron chi connectivity index (χ4n) is 3.13. The van der Waals surface area contributed by atoms with Crippen LogP contribution in [-0.4, -0.2) is 39.4 Å². The van der Waals surface area contributed by atoms with Gasteiger partial charge in [0.05, 0.1) is 11.4 Å². The Labute approximate surface area is 155 Å². The Morgan fingerprint density at radius 1 is 1.29 bits per heavy atom. The number of amides is 1. The molecular weight excluding hydrogens is 358 g/mol. The average molecular weight is 380 g/mol. The first-order valence-corrected chi connectivity index (χ1v) is 10.3. The molecule has 0 bridgehead atoms. The van der Waals surface area contributed by atoms with E-state index in [0.717, 1.165) is 23.1 Å². The van der Waals surface area contributed by atoms with Crippen molar-refractivity contribution in [1.82, 2.24) is 14.7 Å². The van der Waals surface area contributed by atoms with Gasteiger partial charge in [0.15, 0.2) is 8.29 Å². The van der Waals surface area contributed by atoms with Gasteiger partial charge in [-0.05, 0) is 42.6 Å². The summed E-state index contributed by atoms with van der Waals surface area (Å²) in [5.41, 5.74) is 0.954. The highest BCUT2D eigenvalue weighted by atomic mass is 32.2. The molecule has 2 unspecified atom stereocenters. The number of carbonyl (C=O) groups is 1. The minimum atomic E-state index is 0.200. The van der Waals surface area contributed by atoms with Crippen LogP contribution in [0.5, 0.6) is 0 Å². The Morgan fingerprint density at radius 3 is 2.62 bits per heavy atom. The molecule has 24 heavy (non-hydrogen) atoms. The van der Waals surface area contributed by atoms with Crippen molar-refractivity contribution in [3.63, 3.8) is 0 Å². The topological polar surface area (TPSA) is 38.1 Å². The van der Waals surface area contributed by atoms with Crippen LogP contribution in [0, 0.1) is 15.8 Å². The molecule has 1 amide bonds. The van der Waals surface area contributed by atoms with Crippen molar-refractivity contribution in [3.8, 4) is 5.69 Å². The predicted octanol–water partition coefficient (Wildman–Crippen LogP) is 4.26. The lowest BCUT2D eigenvalue weighted by atomic mass is 9.92. The van der Waals surface area contributed by atoms with Gasteiger partial charge in [0.25, 0.3) is 0 Å². The minimum absolute atomic E-state index is 0.200. The summed E-state index contributed by atoms with van der Waals surface area (Å²) in [5, 5.41) is 4.55. The van der Waals surface area contributed by atoms with E-state index in [1.807, 2.05) is 35.2 Å². The molecule has 1 aliphatic heterocycles. The van der Waals surface area contributed by atoms with Gasteiger partial charge in [-0.15, -0.1) is 5.10 Å². The van der Waals surface area contributed by atoms with Crippen molar-refractivity contribution in [2.75, 3.05) is 18.8 Å². The Bertz CT molecular complexity index is 746. The predicted molar refractivity (Wildman–Crippen MR) is 103 cm³/mol. The van der Waals surface area contributed by atoms with Crippen LogP contribution in [0.3, 0.4) is 0 Å². The number of hydrogen-bond donors (Lipinski definition) is 0. The number of aromatic nitrogens is 2. The molecular formula is C17H21N3OS3. The van der Waals surface area contributed by atoms with Gasteiger partial charge >= 0.3 is 0 Å². The summed E-state index contributed by atoms with van der Waals surface area (Å²) in [6.45, 7) is 6.18. The maximum absolute atomic E-state index is 12.5. The Kier molecular flexibility index (Phi) is 5.73. The van der Waals surface area contributed by atoms with Crippen molar-refractivity contribution in [2.45, 2.75) is 24.6 Å². The molecule has 1 aliphatic rings. The zero-order valence-corrected chi connectivity index (χ0v) is 16.3. The molecule has 0 N–H and O–H groups in total. The van der Waals surface area contributed by atoms with Crippen LogP contribution in [0.1, 0.15) is 20.3 Å². The summed E-state index contributed by atoms with van der Waals surface area (Å²) in [6, 6.07) is 9.85. The first kappa shape index (κ1) is 17.6. The molecule has 128 valence electrons. The van der Waals surface area contributed by atoms with Crippen molar-refractivity contribution in [1.29, 1.82) is 0 Å². The van der Waals surface area contributed by atoms with Gasteiger partial charge in [-0.1, -0.05) is 55.1 Å². The van der Waals surface area contributed by atoms with Gasteiger partial charge in [-0.3, -0.25) is 4.79 Å². The van der Waals surface area contributed by atoms with Gasteiger partial charge in [0, 0.05) is 13.1 Å². The lowest BCUT2D eigenvalue weighted by molar-refractivity contribution is -0.130. The standard InChI is InChI=1S/C17H21N3OS3/c1-12-8-13(2)10-19(9-12)15(21)11-23-16-18-20(17(22)24-16)14-6-4-3-5-7-14/h3-7,12-13H,8-11H2,1-2H3. The number of rotatable bonds is 4. The van der Waals surface area contributed by atoms with E-state index in [-0.39, 0.29) is 5.91 Å². The van der Waals surface area contributed by atoms with Crippen molar-refractivity contribution in [2.24, 2.45) is 11.8 Å². The SMILES string of the molecule is CC1CC(C)CN(C(=O)CSc2nn(-c3ccccc3)c(=S)s2)C1. The molecule has 4 nitrogen and oxygen atoms in total. The van der Waals surface area contributed by atoms with Gasteiger partial charge in [0.2, 0.25) is 5.91 Å². The van der Waals surface area contributed by atoms with E-state index in [2.05, 4.69) is 18.9 Å². The maximum atomic E-state index is 12.5. The second kappa shape index (κ2) is 7.80. The van der Waals surface area contributed by atoms with Crippen molar-refractivity contribution in [3.05, 3.63) is 34.3 Å². The smallest absolute Gasteiger partial charge is 0.233 e. The quantitative estimate of drug-likeness (QED) is 0.588. The number of carbonyl (C=O) groups excluding carboxylic acids is 1. The molecule has 1 saturated heterocycles. The number of thioether (sulfide) groups is 1. The van der Waals surface area contributed by atoms with Gasteiger partial charge in [0.1, 0.15) is 0 Å². The monoisotopic (exact) mass is 379 g/mol. The molecule has 1 aromatic heterocycles. The Morgan fingerprint density at radius 2 is 1.96 bits per heavy atom. The third-order valence-corrected chi connectivity index (χ3v) is 6.42. The highest BCUT2D eigenvalue weighted by molar-refractivity contribution is 8.01. The van der Waals surface area contributed by atoms with Crippen LogP contribution in [0.2, 0.25) is 0 Å². The van der Waals surface area contributed by atoms with E-state index in [1.54, 1.807) is 4.68 Å². The molecule has 0 saturated carbocycles. The van der Waals surface area contributed by atoms with Crippen molar-refractivity contribution >= 4 is 41.2 Å². The summed E-state index contributed by atoms with van der Waals surface area (Å²) >= 11 is 8.34. The lowest BCUT2D eigenvalue weighted by Gasteiger charge is -2.34. The first-order chi connectivity index (χ1) is 11.5. The number of piperidine rings is 1. The van der Waals surface area contributed by atoms with Crippen LogP contribution < -0.4 is 0 Å². The van der Waals surface area contributed by atoms with E-state index in [9.17, 15) is 4.79 Å². The molecule has 2 atom stereocenters. The third kappa shape index (κ3) is 4.26. The third-order valence-electron chi connectivity index (χ3n) is 4.07. The number of nitrogens with zero attached hydrogens (tertiary/aromatic N) is 3. The average Bonchev–Trinajstić information content (AvgIpc) is 2.93.